The third-order valence-electron chi connectivity index (χ3n) is 2.80. The topological polar surface area (TPSA) is 50.7 Å². The minimum atomic E-state index is -0.211. The second-order valence-electron chi connectivity index (χ2n) is 4.45. The molecule has 0 radical (unpaired) electrons. The Morgan fingerprint density at radius 1 is 1.05 bits per heavy atom. The normalized spacial score (nSPS) is 10.7. The van der Waals surface area contributed by atoms with Crippen molar-refractivity contribution >= 4 is 12.1 Å². The molecule has 2 rings (SSSR count). The maximum absolute atomic E-state index is 11.7. The summed E-state index contributed by atoms with van der Waals surface area (Å²) in [5.41, 5.74) is 4.22. The van der Waals surface area contributed by atoms with Gasteiger partial charge in [-0.2, -0.15) is 5.10 Å². The van der Waals surface area contributed by atoms with E-state index in [9.17, 15) is 4.79 Å². The van der Waals surface area contributed by atoms with E-state index in [2.05, 4.69) is 10.5 Å². The van der Waals surface area contributed by atoms with Crippen molar-refractivity contribution < 1.29 is 9.53 Å². The smallest absolute Gasteiger partial charge is 0.271 e. The number of hydrogen-bond donors (Lipinski definition) is 1. The van der Waals surface area contributed by atoms with Crippen LogP contribution in [0.25, 0.3) is 0 Å². The molecule has 0 heterocycles. The third kappa shape index (κ3) is 5.58. The first-order chi connectivity index (χ1) is 10.4. The molecule has 0 aliphatic heterocycles. The fraction of sp³-hybridized carbons (Fsp3) is 0.176. The predicted molar refractivity (Wildman–Crippen MR) is 83.1 cm³/mol. The molecule has 0 aromatic heterocycles. The lowest BCUT2D eigenvalue weighted by Gasteiger charge is -2.02. The number of rotatable bonds is 7. The quantitative estimate of drug-likeness (QED) is 0.482. The number of carbonyl (C=O) groups is 1. The van der Waals surface area contributed by atoms with Gasteiger partial charge < -0.3 is 4.74 Å². The van der Waals surface area contributed by atoms with Crippen LogP contribution < -0.4 is 5.43 Å². The van der Waals surface area contributed by atoms with Gasteiger partial charge in [-0.3, -0.25) is 4.79 Å². The Kier molecular flexibility index (Phi) is 6.16. The standard InChI is InChI=1S/C17H18N2O2/c20-17(16-10-5-2-6-11-16)19-18-12-7-13-21-14-15-8-3-1-4-9-15/h1-6,8-12H,7,13-14H2,(H,19,20)/b18-12+. The van der Waals surface area contributed by atoms with Crippen LogP contribution in [-0.2, 0) is 11.3 Å². The van der Waals surface area contributed by atoms with Gasteiger partial charge in [0.1, 0.15) is 0 Å². The van der Waals surface area contributed by atoms with Crippen molar-refractivity contribution in [2.24, 2.45) is 5.10 Å². The Hall–Kier alpha value is -2.46. The van der Waals surface area contributed by atoms with Crippen LogP contribution in [0.4, 0.5) is 0 Å². The summed E-state index contributed by atoms with van der Waals surface area (Å²) in [5, 5.41) is 3.89. The van der Waals surface area contributed by atoms with E-state index in [4.69, 9.17) is 4.74 Å². The van der Waals surface area contributed by atoms with E-state index in [-0.39, 0.29) is 5.91 Å². The summed E-state index contributed by atoms with van der Waals surface area (Å²) in [6.45, 7) is 1.16. The van der Waals surface area contributed by atoms with Crippen LogP contribution in [0.5, 0.6) is 0 Å². The molecule has 108 valence electrons. The number of carbonyl (C=O) groups excluding carboxylic acids is 1. The summed E-state index contributed by atoms with van der Waals surface area (Å²) in [5.74, 6) is -0.211. The van der Waals surface area contributed by atoms with Crippen LogP contribution in [0.1, 0.15) is 22.3 Å². The van der Waals surface area contributed by atoms with E-state index < -0.39 is 0 Å². The largest absolute Gasteiger partial charge is 0.376 e. The summed E-state index contributed by atoms with van der Waals surface area (Å²) >= 11 is 0. The van der Waals surface area contributed by atoms with E-state index in [0.29, 0.717) is 25.2 Å². The number of nitrogens with zero attached hydrogens (tertiary/aromatic N) is 1. The van der Waals surface area contributed by atoms with Gasteiger partial charge in [0, 0.05) is 18.2 Å². The molecule has 21 heavy (non-hydrogen) atoms. The van der Waals surface area contributed by atoms with Crippen LogP contribution in [0.15, 0.2) is 65.8 Å². The van der Waals surface area contributed by atoms with Gasteiger partial charge in [-0.1, -0.05) is 48.5 Å². The summed E-state index contributed by atoms with van der Waals surface area (Å²) < 4.78 is 5.51. The van der Waals surface area contributed by atoms with Crippen molar-refractivity contribution in [2.45, 2.75) is 13.0 Å². The van der Waals surface area contributed by atoms with Crippen LogP contribution in [0.3, 0.4) is 0 Å². The maximum atomic E-state index is 11.7. The summed E-state index contributed by atoms with van der Waals surface area (Å²) in [6, 6.07) is 19.0. The molecule has 4 nitrogen and oxygen atoms in total. The van der Waals surface area contributed by atoms with Gasteiger partial charge in [0.2, 0.25) is 0 Å². The second-order valence-corrected chi connectivity index (χ2v) is 4.45. The molecule has 0 aliphatic carbocycles. The SMILES string of the molecule is O=C(N/N=C/CCOCc1ccccc1)c1ccccc1. The zero-order valence-electron chi connectivity index (χ0n) is 11.7. The Labute approximate surface area is 124 Å². The number of hydrazone groups is 1. The van der Waals surface area contributed by atoms with E-state index in [1.807, 2.05) is 48.5 Å². The fourth-order valence-corrected chi connectivity index (χ4v) is 1.72. The minimum Gasteiger partial charge on any atom is -0.376 e. The highest BCUT2D eigenvalue weighted by atomic mass is 16.5. The van der Waals surface area contributed by atoms with Gasteiger partial charge in [0.25, 0.3) is 5.91 Å². The van der Waals surface area contributed by atoms with Gasteiger partial charge in [0.05, 0.1) is 13.2 Å². The van der Waals surface area contributed by atoms with Gasteiger partial charge in [-0.25, -0.2) is 5.43 Å². The number of ether oxygens (including phenoxy) is 1. The van der Waals surface area contributed by atoms with E-state index in [1.54, 1.807) is 18.3 Å². The number of nitrogens with one attached hydrogen (secondary N) is 1. The van der Waals surface area contributed by atoms with Crippen molar-refractivity contribution in [3.05, 3.63) is 71.8 Å². The fourth-order valence-electron chi connectivity index (χ4n) is 1.72. The molecule has 0 spiro atoms. The Morgan fingerprint density at radius 2 is 1.71 bits per heavy atom. The summed E-state index contributed by atoms with van der Waals surface area (Å²) in [6.07, 6.45) is 2.30. The Bertz CT molecular complexity index is 568. The van der Waals surface area contributed by atoms with Gasteiger partial charge in [0.15, 0.2) is 0 Å². The zero-order valence-corrected chi connectivity index (χ0v) is 11.7. The van der Waals surface area contributed by atoms with Crippen molar-refractivity contribution in [3.63, 3.8) is 0 Å². The minimum absolute atomic E-state index is 0.211. The molecular formula is C17H18N2O2. The number of amides is 1. The molecule has 1 N–H and O–H groups in total. The Morgan fingerprint density at radius 3 is 2.43 bits per heavy atom. The molecule has 0 saturated heterocycles. The van der Waals surface area contributed by atoms with Crippen LogP contribution >= 0.6 is 0 Å². The maximum Gasteiger partial charge on any atom is 0.271 e. The van der Waals surface area contributed by atoms with E-state index in [1.165, 1.54) is 0 Å². The highest BCUT2D eigenvalue weighted by molar-refractivity contribution is 5.94. The molecular weight excluding hydrogens is 264 g/mol. The molecule has 2 aromatic rings. The molecule has 0 unspecified atom stereocenters. The van der Waals surface area contributed by atoms with Crippen LogP contribution in [0, 0.1) is 0 Å². The van der Waals surface area contributed by atoms with E-state index >= 15 is 0 Å². The molecule has 0 fully saturated rings. The van der Waals surface area contributed by atoms with Crippen LogP contribution in [0.2, 0.25) is 0 Å². The van der Waals surface area contributed by atoms with Crippen LogP contribution in [-0.4, -0.2) is 18.7 Å². The van der Waals surface area contributed by atoms with Crippen molar-refractivity contribution in [1.82, 2.24) is 5.43 Å². The molecule has 0 aliphatic rings. The second kappa shape index (κ2) is 8.66. The average molecular weight is 282 g/mol. The zero-order chi connectivity index (χ0) is 14.8. The molecule has 0 bridgehead atoms. The molecule has 0 atom stereocenters. The predicted octanol–water partition coefficient (Wildman–Crippen LogP) is 3.01. The average Bonchev–Trinajstić information content (AvgIpc) is 2.55. The first-order valence-electron chi connectivity index (χ1n) is 6.85. The monoisotopic (exact) mass is 282 g/mol. The van der Waals surface area contributed by atoms with Gasteiger partial charge >= 0.3 is 0 Å². The summed E-state index contributed by atoms with van der Waals surface area (Å²) in [7, 11) is 0. The Balaban J connectivity index is 1.60. The lowest BCUT2D eigenvalue weighted by atomic mass is 10.2. The third-order valence-corrected chi connectivity index (χ3v) is 2.80. The highest BCUT2D eigenvalue weighted by Gasteiger charge is 2.00. The summed E-state index contributed by atoms with van der Waals surface area (Å²) in [4.78, 5) is 11.7. The number of hydrogen-bond acceptors (Lipinski definition) is 3. The molecule has 0 saturated carbocycles. The van der Waals surface area contributed by atoms with Crippen molar-refractivity contribution in [1.29, 1.82) is 0 Å². The van der Waals surface area contributed by atoms with Gasteiger partial charge in [-0.05, 0) is 17.7 Å². The van der Waals surface area contributed by atoms with Gasteiger partial charge in [-0.15, -0.1) is 0 Å². The van der Waals surface area contributed by atoms with Crippen molar-refractivity contribution in [2.75, 3.05) is 6.61 Å². The number of benzene rings is 2. The highest BCUT2D eigenvalue weighted by Crippen LogP contribution is 2.00. The lowest BCUT2D eigenvalue weighted by molar-refractivity contribution is 0.0954. The van der Waals surface area contributed by atoms with Crippen molar-refractivity contribution in [3.8, 4) is 0 Å². The van der Waals surface area contributed by atoms with E-state index in [0.717, 1.165) is 5.56 Å². The lowest BCUT2D eigenvalue weighted by Crippen LogP contribution is -2.17. The molecule has 4 heteroatoms. The first kappa shape index (κ1) is 14.9. The molecule has 1 amide bonds. The molecule has 2 aromatic carbocycles. The first-order valence-corrected chi connectivity index (χ1v) is 6.85.